The fraction of sp³-hybridized carbons (Fsp3) is 0.286. The molecule has 0 atom stereocenters. The smallest absolute Gasteiger partial charge is 0.256 e. The summed E-state index contributed by atoms with van der Waals surface area (Å²) in [5, 5.41) is 2.58. The summed E-state index contributed by atoms with van der Waals surface area (Å²) in [6.07, 6.45) is 1.52. The van der Waals surface area contributed by atoms with Gasteiger partial charge < -0.3 is 15.2 Å². The molecule has 144 valence electrons. The Morgan fingerprint density at radius 2 is 1.93 bits per heavy atom. The Hall–Kier alpha value is -3.22. The molecule has 1 aliphatic heterocycles. The highest BCUT2D eigenvalue weighted by Gasteiger charge is 2.27. The number of fused-ring (bicyclic) bond motifs is 1. The zero-order chi connectivity index (χ0) is 19.7. The van der Waals surface area contributed by atoms with Gasteiger partial charge in [0, 0.05) is 31.6 Å². The van der Waals surface area contributed by atoms with Gasteiger partial charge in [-0.3, -0.25) is 9.59 Å². The number of aromatic nitrogens is 2. The van der Waals surface area contributed by atoms with Crippen LogP contribution in [0.3, 0.4) is 0 Å². The normalized spacial score (nSPS) is 15.0. The number of anilines is 1. The van der Waals surface area contributed by atoms with Crippen LogP contribution < -0.4 is 5.32 Å². The average Bonchev–Trinajstić information content (AvgIpc) is 3.13. The summed E-state index contributed by atoms with van der Waals surface area (Å²) in [6, 6.07) is 11.9. The van der Waals surface area contributed by atoms with Crippen LogP contribution in [0.4, 0.5) is 10.1 Å². The lowest BCUT2D eigenvalue weighted by molar-refractivity contribution is -0.114. The largest absolute Gasteiger partial charge is 0.342 e. The van der Waals surface area contributed by atoms with E-state index in [9.17, 15) is 14.0 Å². The molecule has 28 heavy (non-hydrogen) atoms. The van der Waals surface area contributed by atoms with Crippen molar-refractivity contribution in [3.8, 4) is 0 Å². The van der Waals surface area contributed by atoms with Crippen molar-refractivity contribution in [3.05, 3.63) is 59.7 Å². The zero-order valence-corrected chi connectivity index (χ0v) is 15.5. The summed E-state index contributed by atoms with van der Waals surface area (Å²) >= 11 is 0. The van der Waals surface area contributed by atoms with Crippen molar-refractivity contribution in [1.82, 2.24) is 14.9 Å². The highest BCUT2D eigenvalue weighted by molar-refractivity contribution is 5.97. The average molecular weight is 380 g/mol. The van der Waals surface area contributed by atoms with Gasteiger partial charge in [0.15, 0.2) is 0 Å². The van der Waals surface area contributed by atoms with Crippen LogP contribution in [0.5, 0.6) is 0 Å². The first-order chi connectivity index (χ1) is 13.5. The summed E-state index contributed by atoms with van der Waals surface area (Å²) < 4.78 is 14.2. The molecule has 2 heterocycles. The minimum absolute atomic E-state index is 0.0200. The first kappa shape index (κ1) is 18.2. The molecule has 2 amide bonds. The van der Waals surface area contributed by atoms with Crippen molar-refractivity contribution in [3.63, 3.8) is 0 Å². The van der Waals surface area contributed by atoms with Crippen molar-refractivity contribution < 1.29 is 14.0 Å². The number of para-hydroxylation sites is 2. The number of nitrogens with one attached hydrogen (secondary N) is 2. The number of nitrogens with zero attached hydrogens (tertiary/aromatic N) is 2. The lowest BCUT2D eigenvalue weighted by Gasteiger charge is -2.31. The highest BCUT2D eigenvalue weighted by atomic mass is 19.1. The number of hydrogen-bond acceptors (Lipinski definition) is 3. The van der Waals surface area contributed by atoms with E-state index in [0.717, 1.165) is 29.7 Å². The number of carbonyl (C=O) groups excluding carboxylic acids is 2. The second-order valence-corrected chi connectivity index (χ2v) is 7.08. The number of carbonyl (C=O) groups is 2. The molecule has 1 aliphatic rings. The maximum atomic E-state index is 14.2. The molecule has 1 aromatic heterocycles. The van der Waals surface area contributed by atoms with E-state index in [2.05, 4.69) is 15.3 Å². The van der Waals surface area contributed by atoms with Gasteiger partial charge in [0.25, 0.3) is 5.91 Å². The summed E-state index contributed by atoms with van der Waals surface area (Å²) in [6.45, 7) is 2.43. The predicted octanol–water partition coefficient (Wildman–Crippen LogP) is 3.68. The van der Waals surface area contributed by atoms with Crippen LogP contribution >= 0.6 is 0 Å². The number of imidazole rings is 1. The molecule has 2 N–H and O–H groups in total. The monoisotopic (exact) mass is 380 g/mol. The maximum Gasteiger partial charge on any atom is 0.256 e. The SMILES string of the molecule is CC(=O)Nc1ccc(F)c(C(=O)N2CCC(c3nc4ccccc4[nH]3)CC2)c1. The van der Waals surface area contributed by atoms with Gasteiger partial charge >= 0.3 is 0 Å². The second kappa shape index (κ2) is 7.42. The minimum atomic E-state index is -0.585. The molecule has 3 aromatic rings. The van der Waals surface area contributed by atoms with E-state index in [1.165, 1.54) is 25.1 Å². The third-order valence-corrected chi connectivity index (χ3v) is 5.09. The van der Waals surface area contributed by atoms with Gasteiger partial charge in [0.1, 0.15) is 11.6 Å². The van der Waals surface area contributed by atoms with Gasteiger partial charge in [0.05, 0.1) is 16.6 Å². The van der Waals surface area contributed by atoms with Crippen molar-refractivity contribution in [2.45, 2.75) is 25.7 Å². The van der Waals surface area contributed by atoms with Crippen LogP contribution in [0.25, 0.3) is 11.0 Å². The third kappa shape index (κ3) is 3.60. The first-order valence-electron chi connectivity index (χ1n) is 9.32. The van der Waals surface area contributed by atoms with Gasteiger partial charge in [-0.1, -0.05) is 12.1 Å². The topological polar surface area (TPSA) is 78.1 Å². The van der Waals surface area contributed by atoms with E-state index in [1.54, 1.807) is 4.90 Å². The van der Waals surface area contributed by atoms with E-state index < -0.39 is 5.82 Å². The summed E-state index contributed by atoms with van der Waals surface area (Å²) in [7, 11) is 0. The molecule has 0 aliphatic carbocycles. The van der Waals surface area contributed by atoms with E-state index in [4.69, 9.17) is 0 Å². The lowest BCUT2D eigenvalue weighted by atomic mass is 9.95. The number of likely N-dealkylation sites (tertiary alicyclic amines) is 1. The summed E-state index contributed by atoms with van der Waals surface area (Å²) in [4.78, 5) is 33.7. The third-order valence-electron chi connectivity index (χ3n) is 5.09. The summed E-state index contributed by atoms with van der Waals surface area (Å²) in [5.74, 6) is -0.0259. The van der Waals surface area contributed by atoms with E-state index in [1.807, 2.05) is 24.3 Å². The number of rotatable bonds is 3. The Balaban J connectivity index is 1.46. The Morgan fingerprint density at radius 3 is 2.64 bits per heavy atom. The molecule has 1 saturated heterocycles. The van der Waals surface area contributed by atoms with Crippen LogP contribution in [-0.4, -0.2) is 39.8 Å². The van der Waals surface area contributed by atoms with Gasteiger partial charge in [-0.05, 0) is 43.2 Å². The molecule has 4 rings (SSSR count). The fourth-order valence-corrected chi connectivity index (χ4v) is 3.66. The van der Waals surface area contributed by atoms with Crippen LogP contribution in [0, 0.1) is 5.82 Å². The van der Waals surface area contributed by atoms with Crippen molar-refractivity contribution in [1.29, 1.82) is 0 Å². The Bertz CT molecular complexity index is 1000. The standard InChI is InChI=1S/C21H21FN4O2/c1-13(27)23-15-6-7-17(22)16(12-15)21(28)26-10-8-14(9-11-26)20-24-18-4-2-3-5-19(18)25-20/h2-7,12,14H,8-11H2,1H3,(H,23,27)(H,24,25). The number of halogens is 1. The molecule has 1 fully saturated rings. The van der Waals surface area contributed by atoms with Crippen LogP contribution in [0.1, 0.15) is 41.9 Å². The van der Waals surface area contributed by atoms with Crippen LogP contribution in [-0.2, 0) is 4.79 Å². The second-order valence-electron chi connectivity index (χ2n) is 7.08. The van der Waals surface area contributed by atoms with E-state index in [-0.39, 0.29) is 23.3 Å². The molecule has 0 radical (unpaired) electrons. The van der Waals surface area contributed by atoms with Crippen molar-refractivity contribution in [2.75, 3.05) is 18.4 Å². The van der Waals surface area contributed by atoms with Crippen molar-refractivity contribution >= 4 is 28.5 Å². The molecule has 7 heteroatoms. The van der Waals surface area contributed by atoms with Gasteiger partial charge in [-0.25, -0.2) is 9.37 Å². The lowest BCUT2D eigenvalue weighted by Crippen LogP contribution is -2.38. The Kier molecular flexibility index (Phi) is 4.81. The highest BCUT2D eigenvalue weighted by Crippen LogP contribution is 2.29. The van der Waals surface area contributed by atoms with Gasteiger partial charge in [-0.15, -0.1) is 0 Å². The molecule has 0 unspecified atom stereocenters. The number of H-pyrrole nitrogens is 1. The van der Waals surface area contributed by atoms with Crippen LogP contribution in [0.2, 0.25) is 0 Å². The number of piperidine rings is 1. The molecular formula is C21H21FN4O2. The Labute approximate surface area is 161 Å². The quantitative estimate of drug-likeness (QED) is 0.728. The molecule has 0 saturated carbocycles. The minimum Gasteiger partial charge on any atom is -0.342 e. The Morgan fingerprint density at radius 1 is 1.18 bits per heavy atom. The van der Waals surface area contributed by atoms with Crippen LogP contribution in [0.15, 0.2) is 42.5 Å². The van der Waals surface area contributed by atoms with Crippen molar-refractivity contribution in [2.24, 2.45) is 0 Å². The fourth-order valence-electron chi connectivity index (χ4n) is 3.66. The molecule has 0 spiro atoms. The molecular weight excluding hydrogens is 359 g/mol. The number of benzene rings is 2. The molecule has 0 bridgehead atoms. The van der Waals surface area contributed by atoms with Gasteiger partial charge in [0.2, 0.25) is 5.91 Å². The summed E-state index contributed by atoms with van der Waals surface area (Å²) in [5.41, 5.74) is 2.34. The predicted molar refractivity (Wildman–Crippen MR) is 105 cm³/mol. The maximum absolute atomic E-state index is 14.2. The number of aromatic amines is 1. The van der Waals surface area contributed by atoms with E-state index in [0.29, 0.717) is 18.8 Å². The number of amides is 2. The zero-order valence-electron chi connectivity index (χ0n) is 15.5. The van der Waals surface area contributed by atoms with E-state index >= 15 is 0 Å². The number of hydrogen-bond donors (Lipinski definition) is 2. The first-order valence-corrected chi connectivity index (χ1v) is 9.32. The molecule has 6 nitrogen and oxygen atoms in total. The molecule has 2 aromatic carbocycles. The van der Waals surface area contributed by atoms with Gasteiger partial charge in [-0.2, -0.15) is 0 Å².